The van der Waals surface area contributed by atoms with Crippen molar-refractivity contribution in [3.63, 3.8) is 0 Å². The molecule has 0 radical (unpaired) electrons. The SMILES string of the molecule is COC(=O)c1nc(-c2ccc(F)nc2)c(F)c(N)c1Cl. The minimum atomic E-state index is -0.920. The van der Waals surface area contributed by atoms with E-state index in [0.29, 0.717) is 0 Å². The second kappa shape index (κ2) is 5.38. The van der Waals surface area contributed by atoms with Crippen LogP contribution in [0.5, 0.6) is 0 Å². The number of pyridine rings is 2. The lowest BCUT2D eigenvalue weighted by atomic mass is 10.1. The molecule has 0 fully saturated rings. The van der Waals surface area contributed by atoms with Gasteiger partial charge in [-0.1, -0.05) is 11.6 Å². The van der Waals surface area contributed by atoms with Crippen molar-refractivity contribution in [2.45, 2.75) is 0 Å². The lowest BCUT2D eigenvalue weighted by molar-refractivity contribution is 0.0594. The third-order valence-corrected chi connectivity index (χ3v) is 2.87. The van der Waals surface area contributed by atoms with Gasteiger partial charge in [0.25, 0.3) is 0 Å². The molecule has 104 valence electrons. The van der Waals surface area contributed by atoms with Crippen molar-refractivity contribution in [1.82, 2.24) is 9.97 Å². The number of anilines is 1. The molecule has 5 nitrogen and oxygen atoms in total. The fourth-order valence-corrected chi connectivity index (χ4v) is 1.70. The van der Waals surface area contributed by atoms with Crippen LogP contribution in [0.15, 0.2) is 18.3 Å². The molecule has 0 unspecified atom stereocenters. The maximum atomic E-state index is 14.1. The van der Waals surface area contributed by atoms with Crippen LogP contribution < -0.4 is 5.73 Å². The molecular formula is C12H8ClF2N3O2. The summed E-state index contributed by atoms with van der Waals surface area (Å²) in [4.78, 5) is 18.7. The van der Waals surface area contributed by atoms with E-state index < -0.39 is 23.4 Å². The first kappa shape index (κ1) is 14.1. The zero-order valence-electron chi connectivity index (χ0n) is 10.2. The van der Waals surface area contributed by atoms with Crippen LogP contribution in [0.3, 0.4) is 0 Å². The Labute approximate surface area is 117 Å². The number of nitrogen functional groups attached to an aromatic ring is 1. The second-order valence-electron chi connectivity index (χ2n) is 3.71. The molecule has 2 aromatic rings. The number of nitrogens with two attached hydrogens (primary N) is 1. The fourth-order valence-electron chi connectivity index (χ4n) is 1.50. The summed E-state index contributed by atoms with van der Waals surface area (Å²) >= 11 is 5.75. The number of ether oxygens (including phenoxy) is 1. The molecule has 8 heteroatoms. The summed E-state index contributed by atoms with van der Waals surface area (Å²) in [6, 6.07) is 2.28. The van der Waals surface area contributed by atoms with E-state index in [2.05, 4.69) is 14.7 Å². The smallest absolute Gasteiger partial charge is 0.358 e. The van der Waals surface area contributed by atoms with Crippen molar-refractivity contribution in [2.75, 3.05) is 12.8 Å². The van der Waals surface area contributed by atoms with Crippen molar-refractivity contribution >= 4 is 23.3 Å². The number of halogens is 3. The third kappa shape index (κ3) is 2.39. The number of carbonyl (C=O) groups is 1. The van der Waals surface area contributed by atoms with Gasteiger partial charge in [0, 0.05) is 11.8 Å². The summed E-state index contributed by atoms with van der Waals surface area (Å²) in [5.41, 5.74) is 4.61. The zero-order chi connectivity index (χ0) is 14.9. The number of esters is 1. The summed E-state index contributed by atoms with van der Waals surface area (Å²) in [6.07, 6.45) is 1.06. The third-order valence-electron chi connectivity index (χ3n) is 2.49. The van der Waals surface area contributed by atoms with E-state index >= 15 is 0 Å². The Morgan fingerprint density at radius 3 is 2.65 bits per heavy atom. The minimum absolute atomic E-state index is 0.150. The first-order valence-electron chi connectivity index (χ1n) is 5.30. The Morgan fingerprint density at radius 2 is 2.10 bits per heavy atom. The lowest BCUT2D eigenvalue weighted by Gasteiger charge is -2.10. The number of nitrogens with zero attached hydrogens (tertiary/aromatic N) is 2. The highest BCUT2D eigenvalue weighted by Crippen LogP contribution is 2.32. The number of rotatable bonds is 2. The lowest BCUT2D eigenvalue weighted by Crippen LogP contribution is -2.10. The molecule has 2 heterocycles. The maximum absolute atomic E-state index is 14.1. The molecule has 0 aliphatic heterocycles. The van der Waals surface area contributed by atoms with Gasteiger partial charge >= 0.3 is 5.97 Å². The molecule has 2 aromatic heterocycles. The van der Waals surface area contributed by atoms with Gasteiger partial charge in [-0.25, -0.2) is 19.2 Å². The average Bonchev–Trinajstić information content (AvgIpc) is 2.45. The van der Waals surface area contributed by atoms with Crippen molar-refractivity contribution in [2.24, 2.45) is 0 Å². The monoisotopic (exact) mass is 299 g/mol. The minimum Gasteiger partial charge on any atom is -0.464 e. The Kier molecular flexibility index (Phi) is 3.80. The Bertz CT molecular complexity index is 677. The highest BCUT2D eigenvalue weighted by Gasteiger charge is 2.22. The quantitative estimate of drug-likeness (QED) is 0.680. The van der Waals surface area contributed by atoms with E-state index in [-0.39, 0.29) is 22.0 Å². The first-order chi connectivity index (χ1) is 9.45. The number of hydrogen-bond donors (Lipinski definition) is 1. The van der Waals surface area contributed by atoms with Gasteiger partial charge in [0.2, 0.25) is 5.95 Å². The van der Waals surface area contributed by atoms with Gasteiger partial charge in [-0.15, -0.1) is 0 Å². The van der Waals surface area contributed by atoms with Crippen LogP contribution in [0.4, 0.5) is 14.5 Å². The highest BCUT2D eigenvalue weighted by molar-refractivity contribution is 6.35. The Morgan fingerprint density at radius 1 is 1.40 bits per heavy atom. The van der Waals surface area contributed by atoms with Gasteiger partial charge in [0.05, 0.1) is 17.8 Å². The number of aromatic nitrogens is 2. The van der Waals surface area contributed by atoms with Crippen LogP contribution in [0.25, 0.3) is 11.3 Å². The van der Waals surface area contributed by atoms with Gasteiger partial charge in [-0.3, -0.25) is 0 Å². The van der Waals surface area contributed by atoms with E-state index in [0.717, 1.165) is 19.4 Å². The molecule has 2 N–H and O–H groups in total. The van der Waals surface area contributed by atoms with Crippen molar-refractivity contribution < 1.29 is 18.3 Å². The summed E-state index contributed by atoms with van der Waals surface area (Å²) in [6.45, 7) is 0. The van der Waals surface area contributed by atoms with E-state index in [9.17, 15) is 13.6 Å². The fraction of sp³-hybridized carbons (Fsp3) is 0.0833. The van der Waals surface area contributed by atoms with Crippen molar-refractivity contribution in [1.29, 1.82) is 0 Å². The van der Waals surface area contributed by atoms with Crippen LogP contribution in [0.2, 0.25) is 5.02 Å². The topological polar surface area (TPSA) is 78.1 Å². The van der Waals surface area contributed by atoms with Crippen LogP contribution in [-0.2, 0) is 4.74 Å². The van der Waals surface area contributed by atoms with Gasteiger partial charge in [-0.2, -0.15) is 4.39 Å². The first-order valence-corrected chi connectivity index (χ1v) is 5.68. The van der Waals surface area contributed by atoms with Gasteiger partial charge in [0.15, 0.2) is 11.5 Å². The molecule has 0 spiro atoms. The van der Waals surface area contributed by atoms with Gasteiger partial charge in [0.1, 0.15) is 5.69 Å². The predicted octanol–water partition coefficient (Wildman–Crippen LogP) is 2.44. The largest absolute Gasteiger partial charge is 0.464 e. The normalized spacial score (nSPS) is 10.4. The number of hydrogen-bond acceptors (Lipinski definition) is 5. The molecule has 0 aromatic carbocycles. The van der Waals surface area contributed by atoms with E-state index in [1.807, 2.05) is 0 Å². The molecule has 0 aliphatic carbocycles. The Balaban J connectivity index is 2.67. The zero-order valence-corrected chi connectivity index (χ0v) is 10.9. The molecular weight excluding hydrogens is 292 g/mol. The van der Waals surface area contributed by atoms with Crippen LogP contribution in [0, 0.1) is 11.8 Å². The molecule has 0 aliphatic rings. The van der Waals surface area contributed by atoms with E-state index in [1.54, 1.807) is 0 Å². The maximum Gasteiger partial charge on any atom is 0.358 e. The molecule has 20 heavy (non-hydrogen) atoms. The molecule has 0 saturated heterocycles. The van der Waals surface area contributed by atoms with Crippen LogP contribution in [0.1, 0.15) is 10.5 Å². The van der Waals surface area contributed by atoms with Crippen LogP contribution >= 0.6 is 11.6 Å². The summed E-state index contributed by atoms with van der Waals surface area (Å²) in [5.74, 6) is -2.52. The van der Waals surface area contributed by atoms with Gasteiger partial charge < -0.3 is 10.5 Å². The Hall–Kier alpha value is -2.28. The van der Waals surface area contributed by atoms with Crippen molar-refractivity contribution in [3.05, 3.63) is 40.8 Å². The van der Waals surface area contributed by atoms with Crippen molar-refractivity contribution in [3.8, 4) is 11.3 Å². The van der Waals surface area contributed by atoms with Crippen LogP contribution in [-0.4, -0.2) is 23.0 Å². The number of methoxy groups -OCH3 is 1. The highest BCUT2D eigenvalue weighted by atomic mass is 35.5. The van der Waals surface area contributed by atoms with Gasteiger partial charge in [-0.05, 0) is 12.1 Å². The second-order valence-corrected chi connectivity index (χ2v) is 4.09. The predicted molar refractivity (Wildman–Crippen MR) is 68.1 cm³/mol. The van der Waals surface area contributed by atoms with E-state index in [4.69, 9.17) is 17.3 Å². The summed E-state index contributed by atoms with van der Waals surface area (Å²) in [7, 11) is 1.12. The average molecular weight is 300 g/mol. The standard InChI is InChI=1S/C12H8ClF2N3O2/c1-20-12(19)11-7(13)9(16)8(15)10(18-11)5-2-3-6(14)17-4-5/h2-4H,1H3,(H2,16,18). The molecule has 0 bridgehead atoms. The van der Waals surface area contributed by atoms with E-state index in [1.165, 1.54) is 6.07 Å². The summed E-state index contributed by atoms with van der Waals surface area (Å²) in [5, 5.41) is -0.340. The molecule has 0 amide bonds. The summed E-state index contributed by atoms with van der Waals surface area (Å²) < 4.78 is 31.3. The molecule has 0 atom stereocenters. The molecule has 0 saturated carbocycles. The molecule has 2 rings (SSSR count). The number of carbonyl (C=O) groups excluding carboxylic acids is 1.